The third-order valence-corrected chi connectivity index (χ3v) is 4.55. The Kier molecular flexibility index (Phi) is 3.97. The van der Waals surface area contributed by atoms with Crippen LogP contribution in [-0.2, 0) is 17.6 Å². The van der Waals surface area contributed by atoms with Crippen LogP contribution in [0, 0.1) is 5.92 Å². The number of rotatable bonds is 6. The van der Waals surface area contributed by atoms with E-state index in [1.165, 1.54) is 43.2 Å². The molecule has 2 aliphatic rings. The molecule has 1 fully saturated rings. The standard InChI is InChI=1S/C17H22O2/c18-17(12-19-10-9-13-3-1-4-13)16-8-7-14-5-2-6-15(14)11-16/h7-8,11,13H,1-6,9-10,12H2. The Bertz CT molecular complexity index is 460. The molecule has 1 aromatic rings. The topological polar surface area (TPSA) is 26.3 Å². The van der Waals surface area contributed by atoms with Gasteiger partial charge in [0, 0.05) is 12.2 Å². The Balaban J connectivity index is 1.46. The van der Waals surface area contributed by atoms with E-state index < -0.39 is 0 Å². The average Bonchev–Trinajstić information content (AvgIpc) is 2.83. The first kappa shape index (κ1) is 12.9. The zero-order valence-corrected chi connectivity index (χ0v) is 11.5. The van der Waals surface area contributed by atoms with E-state index in [9.17, 15) is 4.79 Å². The summed E-state index contributed by atoms with van der Waals surface area (Å²) < 4.78 is 5.53. The Morgan fingerprint density at radius 2 is 2.00 bits per heavy atom. The van der Waals surface area contributed by atoms with Crippen molar-refractivity contribution in [3.8, 4) is 0 Å². The molecular weight excluding hydrogens is 236 g/mol. The van der Waals surface area contributed by atoms with Gasteiger partial charge in [0.1, 0.15) is 6.61 Å². The van der Waals surface area contributed by atoms with Crippen molar-refractivity contribution >= 4 is 5.78 Å². The van der Waals surface area contributed by atoms with Gasteiger partial charge in [-0.05, 0) is 48.8 Å². The minimum Gasteiger partial charge on any atom is -0.373 e. The normalized spacial score (nSPS) is 18.1. The van der Waals surface area contributed by atoms with Crippen molar-refractivity contribution in [3.63, 3.8) is 0 Å². The summed E-state index contributed by atoms with van der Waals surface area (Å²) in [5.74, 6) is 0.985. The first-order chi connectivity index (χ1) is 9.33. The maximum atomic E-state index is 12.0. The molecule has 0 atom stereocenters. The van der Waals surface area contributed by atoms with Crippen LogP contribution in [-0.4, -0.2) is 19.0 Å². The van der Waals surface area contributed by atoms with Crippen molar-refractivity contribution in [1.29, 1.82) is 0 Å². The van der Waals surface area contributed by atoms with E-state index in [0.717, 1.165) is 30.9 Å². The smallest absolute Gasteiger partial charge is 0.188 e. The minimum absolute atomic E-state index is 0.128. The number of benzene rings is 1. The van der Waals surface area contributed by atoms with Crippen molar-refractivity contribution in [2.75, 3.05) is 13.2 Å². The number of ketones is 1. The van der Waals surface area contributed by atoms with E-state index in [0.29, 0.717) is 0 Å². The Morgan fingerprint density at radius 1 is 1.16 bits per heavy atom. The van der Waals surface area contributed by atoms with Crippen LogP contribution in [0.25, 0.3) is 0 Å². The van der Waals surface area contributed by atoms with Gasteiger partial charge >= 0.3 is 0 Å². The molecule has 1 saturated carbocycles. The van der Waals surface area contributed by atoms with Gasteiger partial charge in [0.2, 0.25) is 0 Å². The molecule has 2 heteroatoms. The number of carbonyl (C=O) groups excluding carboxylic acids is 1. The fourth-order valence-corrected chi connectivity index (χ4v) is 3.02. The van der Waals surface area contributed by atoms with Gasteiger partial charge in [-0.15, -0.1) is 0 Å². The summed E-state index contributed by atoms with van der Waals surface area (Å²) >= 11 is 0. The quantitative estimate of drug-likeness (QED) is 0.576. The van der Waals surface area contributed by atoms with Gasteiger partial charge in [-0.1, -0.05) is 31.4 Å². The Labute approximate surface area is 115 Å². The van der Waals surface area contributed by atoms with Crippen LogP contribution in [0.4, 0.5) is 0 Å². The third-order valence-electron chi connectivity index (χ3n) is 4.55. The molecule has 0 bridgehead atoms. The molecule has 0 heterocycles. The van der Waals surface area contributed by atoms with E-state index in [1.807, 2.05) is 6.07 Å². The molecule has 0 amide bonds. The van der Waals surface area contributed by atoms with Gasteiger partial charge < -0.3 is 4.74 Å². The van der Waals surface area contributed by atoms with Gasteiger partial charge in [-0.3, -0.25) is 4.79 Å². The number of fused-ring (bicyclic) bond motifs is 1. The molecule has 0 N–H and O–H groups in total. The van der Waals surface area contributed by atoms with Gasteiger partial charge in [-0.25, -0.2) is 0 Å². The molecule has 0 spiro atoms. The summed E-state index contributed by atoms with van der Waals surface area (Å²) in [5.41, 5.74) is 3.60. The van der Waals surface area contributed by atoms with Crippen LogP contribution in [0.3, 0.4) is 0 Å². The van der Waals surface area contributed by atoms with E-state index in [4.69, 9.17) is 4.74 Å². The predicted molar refractivity (Wildman–Crippen MR) is 75.6 cm³/mol. The summed E-state index contributed by atoms with van der Waals surface area (Å²) in [5, 5.41) is 0. The predicted octanol–water partition coefficient (Wildman–Crippen LogP) is 3.56. The molecule has 2 aliphatic carbocycles. The SMILES string of the molecule is O=C(COCCC1CCC1)c1ccc2c(c1)CCC2. The van der Waals surface area contributed by atoms with Crippen LogP contribution in [0.5, 0.6) is 0 Å². The molecule has 3 rings (SSSR count). The lowest BCUT2D eigenvalue weighted by Gasteiger charge is -2.24. The number of ether oxygens (including phenoxy) is 1. The highest BCUT2D eigenvalue weighted by molar-refractivity contribution is 5.97. The lowest BCUT2D eigenvalue weighted by Crippen LogP contribution is -2.16. The first-order valence-electron chi connectivity index (χ1n) is 7.55. The minimum atomic E-state index is 0.128. The zero-order chi connectivity index (χ0) is 13.1. The Morgan fingerprint density at radius 3 is 2.79 bits per heavy atom. The molecule has 0 saturated heterocycles. The van der Waals surface area contributed by atoms with E-state index >= 15 is 0 Å². The zero-order valence-electron chi connectivity index (χ0n) is 11.5. The summed E-state index contributed by atoms with van der Waals surface area (Å²) in [6.45, 7) is 0.979. The molecule has 0 aliphatic heterocycles. The highest BCUT2D eigenvalue weighted by Gasteiger charge is 2.17. The molecule has 0 aromatic heterocycles. The van der Waals surface area contributed by atoms with E-state index in [1.54, 1.807) is 0 Å². The second-order valence-corrected chi connectivity index (χ2v) is 5.90. The van der Waals surface area contributed by atoms with Crippen LogP contribution in [0.2, 0.25) is 0 Å². The number of carbonyl (C=O) groups is 1. The fourth-order valence-electron chi connectivity index (χ4n) is 3.02. The average molecular weight is 258 g/mol. The van der Waals surface area contributed by atoms with Crippen molar-refractivity contribution in [3.05, 3.63) is 34.9 Å². The maximum Gasteiger partial charge on any atom is 0.188 e. The fraction of sp³-hybridized carbons (Fsp3) is 0.588. The van der Waals surface area contributed by atoms with E-state index in [-0.39, 0.29) is 12.4 Å². The van der Waals surface area contributed by atoms with Gasteiger partial charge in [0.05, 0.1) is 0 Å². The molecule has 0 unspecified atom stereocenters. The third kappa shape index (κ3) is 3.06. The van der Waals surface area contributed by atoms with Crippen LogP contribution in [0.15, 0.2) is 18.2 Å². The van der Waals surface area contributed by atoms with Gasteiger partial charge in [0.25, 0.3) is 0 Å². The van der Waals surface area contributed by atoms with Gasteiger partial charge in [-0.2, -0.15) is 0 Å². The summed E-state index contributed by atoms with van der Waals surface area (Å²) in [6.07, 6.45) is 8.71. The van der Waals surface area contributed by atoms with Crippen molar-refractivity contribution in [2.24, 2.45) is 5.92 Å². The largest absolute Gasteiger partial charge is 0.373 e. The number of hydrogen-bond donors (Lipinski definition) is 0. The van der Waals surface area contributed by atoms with Crippen LogP contribution < -0.4 is 0 Å². The van der Waals surface area contributed by atoms with Crippen LogP contribution in [0.1, 0.15) is 53.6 Å². The lowest BCUT2D eigenvalue weighted by atomic mass is 9.83. The van der Waals surface area contributed by atoms with Crippen LogP contribution >= 0.6 is 0 Å². The summed E-state index contributed by atoms with van der Waals surface area (Å²) in [4.78, 5) is 12.0. The Hall–Kier alpha value is -1.15. The molecule has 2 nitrogen and oxygen atoms in total. The number of hydrogen-bond acceptors (Lipinski definition) is 2. The summed E-state index contributed by atoms with van der Waals surface area (Å²) in [7, 11) is 0. The first-order valence-corrected chi connectivity index (χ1v) is 7.55. The highest BCUT2D eigenvalue weighted by atomic mass is 16.5. The number of Topliss-reactive ketones (excluding diaryl/α,β-unsaturated/α-hetero) is 1. The van der Waals surface area contributed by atoms with E-state index in [2.05, 4.69) is 12.1 Å². The number of aryl methyl sites for hydroxylation is 2. The molecular formula is C17H22O2. The molecule has 1 aromatic carbocycles. The monoisotopic (exact) mass is 258 g/mol. The summed E-state index contributed by atoms with van der Waals surface area (Å²) in [6, 6.07) is 6.14. The molecule has 19 heavy (non-hydrogen) atoms. The maximum absolute atomic E-state index is 12.0. The second-order valence-electron chi connectivity index (χ2n) is 5.90. The second kappa shape index (κ2) is 5.87. The van der Waals surface area contributed by atoms with Crippen molar-refractivity contribution < 1.29 is 9.53 Å². The van der Waals surface area contributed by atoms with Gasteiger partial charge in [0.15, 0.2) is 5.78 Å². The highest BCUT2D eigenvalue weighted by Crippen LogP contribution is 2.29. The molecule has 0 radical (unpaired) electrons. The van der Waals surface area contributed by atoms with Crippen molar-refractivity contribution in [1.82, 2.24) is 0 Å². The molecule has 102 valence electrons. The lowest BCUT2D eigenvalue weighted by molar-refractivity contribution is 0.0705. The van der Waals surface area contributed by atoms with Crippen molar-refractivity contribution in [2.45, 2.75) is 44.9 Å².